The van der Waals surface area contributed by atoms with Gasteiger partial charge < -0.3 is 9.80 Å². The van der Waals surface area contributed by atoms with Crippen LogP contribution in [-0.4, -0.2) is 71.6 Å². The van der Waals surface area contributed by atoms with Gasteiger partial charge in [-0.3, -0.25) is 4.90 Å². The maximum absolute atomic E-state index is 4.49. The van der Waals surface area contributed by atoms with Gasteiger partial charge in [-0.1, -0.05) is 6.92 Å². The molecule has 3 heterocycles. The second-order valence-corrected chi connectivity index (χ2v) is 5.53. The van der Waals surface area contributed by atoms with Gasteiger partial charge in [-0.05, 0) is 19.5 Å². The molecule has 2 saturated heterocycles. The fourth-order valence-corrected chi connectivity index (χ4v) is 2.88. The van der Waals surface area contributed by atoms with Crippen molar-refractivity contribution < 1.29 is 0 Å². The zero-order valence-corrected chi connectivity index (χ0v) is 11.9. The molecule has 1 aromatic heterocycles. The molecule has 0 spiro atoms. The molecule has 0 radical (unpaired) electrons. The number of hydrogen-bond acceptors (Lipinski definition) is 5. The van der Waals surface area contributed by atoms with Gasteiger partial charge in [0, 0.05) is 57.2 Å². The lowest BCUT2D eigenvalue weighted by Crippen LogP contribution is -2.63. The van der Waals surface area contributed by atoms with E-state index < -0.39 is 0 Å². The summed E-state index contributed by atoms with van der Waals surface area (Å²) in [6.07, 6.45) is 1.85. The molecule has 19 heavy (non-hydrogen) atoms. The van der Waals surface area contributed by atoms with Gasteiger partial charge in [-0.2, -0.15) is 0 Å². The molecule has 0 aromatic carbocycles. The Balaban J connectivity index is 1.50. The van der Waals surface area contributed by atoms with Gasteiger partial charge in [-0.15, -0.1) is 0 Å². The molecule has 0 unspecified atom stereocenters. The first-order valence-electron chi connectivity index (χ1n) is 7.27. The minimum absolute atomic E-state index is 0.697. The molecule has 2 fully saturated rings. The fourth-order valence-electron chi connectivity index (χ4n) is 2.88. The van der Waals surface area contributed by atoms with Crippen molar-refractivity contribution in [3.8, 4) is 0 Å². The predicted molar refractivity (Wildman–Crippen MR) is 76.5 cm³/mol. The van der Waals surface area contributed by atoms with Crippen LogP contribution in [0, 0.1) is 6.92 Å². The summed E-state index contributed by atoms with van der Waals surface area (Å²) in [5, 5.41) is 0. The smallest absolute Gasteiger partial charge is 0.225 e. The molecule has 0 saturated carbocycles. The van der Waals surface area contributed by atoms with Crippen molar-refractivity contribution in [2.75, 3.05) is 50.7 Å². The summed E-state index contributed by atoms with van der Waals surface area (Å²) in [4.78, 5) is 16.3. The van der Waals surface area contributed by atoms with Crippen LogP contribution in [0.5, 0.6) is 0 Å². The number of aromatic nitrogens is 2. The highest BCUT2D eigenvalue weighted by atomic mass is 15.4. The standard InChI is InChI=1S/C14H23N5/c1-3-17-6-8-18(9-7-17)13-10-19(11-13)14-15-5-4-12(2)16-14/h4-5,13H,3,6-11H2,1-2H3. The van der Waals surface area contributed by atoms with Crippen LogP contribution in [0.3, 0.4) is 0 Å². The van der Waals surface area contributed by atoms with Gasteiger partial charge in [0.2, 0.25) is 5.95 Å². The lowest BCUT2D eigenvalue weighted by atomic mass is 10.1. The van der Waals surface area contributed by atoms with E-state index in [1.54, 1.807) is 0 Å². The van der Waals surface area contributed by atoms with Crippen molar-refractivity contribution in [3.63, 3.8) is 0 Å². The third kappa shape index (κ3) is 2.72. The molecule has 2 aliphatic rings. The number of piperazine rings is 1. The third-order valence-electron chi connectivity index (χ3n) is 4.30. The molecule has 5 nitrogen and oxygen atoms in total. The van der Waals surface area contributed by atoms with E-state index in [2.05, 4.69) is 31.6 Å². The summed E-state index contributed by atoms with van der Waals surface area (Å²) in [5.41, 5.74) is 1.05. The van der Waals surface area contributed by atoms with E-state index in [0.29, 0.717) is 6.04 Å². The minimum atomic E-state index is 0.697. The Morgan fingerprint density at radius 1 is 1.21 bits per heavy atom. The highest BCUT2D eigenvalue weighted by molar-refractivity contribution is 5.35. The van der Waals surface area contributed by atoms with E-state index in [1.165, 1.54) is 32.7 Å². The van der Waals surface area contributed by atoms with Crippen LogP contribution in [0.25, 0.3) is 0 Å². The second kappa shape index (κ2) is 5.43. The number of anilines is 1. The summed E-state index contributed by atoms with van der Waals surface area (Å²) in [7, 11) is 0. The van der Waals surface area contributed by atoms with E-state index in [1.807, 2.05) is 19.2 Å². The lowest BCUT2D eigenvalue weighted by Gasteiger charge is -2.48. The van der Waals surface area contributed by atoms with Crippen LogP contribution in [0.1, 0.15) is 12.6 Å². The number of aryl methyl sites for hydroxylation is 1. The SMILES string of the molecule is CCN1CCN(C2CN(c3nccc(C)n3)C2)CC1. The Bertz CT molecular complexity index is 422. The summed E-state index contributed by atoms with van der Waals surface area (Å²) in [6.45, 7) is 12.5. The van der Waals surface area contributed by atoms with Crippen LogP contribution >= 0.6 is 0 Å². The van der Waals surface area contributed by atoms with Crippen molar-refractivity contribution in [3.05, 3.63) is 18.0 Å². The molecule has 0 bridgehead atoms. The largest absolute Gasteiger partial charge is 0.338 e. The maximum Gasteiger partial charge on any atom is 0.225 e. The Hall–Kier alpha value is -1.20. The van der Waals surface area contributed by atoms with E-state index in [0.717, 1.165) is 24.7 Å². The van der Waals surface area contributed by atoms with Crippen LogP contribution in [-0.2, 0) is 0 Å². The highest BCUT2D eigenvalue weighted by Crippen LogP contribution is 2.21. The summed E-state index contributed by atoms with van der Waals surface area (Å²) in [6, 6.07) is 2.65. The zero-order valence-electron chi connectivity index (χ0n) is 11.9. The number of likely N-dealkylation sites (N-methyl/N-ethyl adjacent to an activating group) is 1. The average Bonchev–Trinajstić information content (AvgIpc) is 2.38. The van der Waals surface area contributed by atoms with Gasteiger partial charge in [0.15, 0.2) is 0 Å². The topological polar surface area (TPSA) is 35.5 Å². The first kappa shape index (κ1) is 12.8. The first-order valence-corrected chi connectivity index (χ1v) is 7.27. The van der Waals surface area contributed by atoms with E-state index in [4.69, 9.17) is 0 Å². The highest BCUT2D eigenvalue weighted by Gasteiger charge is 2.34. The average molecular weight is 261 g/mol. The van der Waals surface area contributed by atoms with Crippen LogP contribution in [0.15, 0.2) is 12.3 Å². The molecule has 0 aliphatic carbocycles. The quantitative estimate of drug-likeness (QED) is 0.797. The predicted octanol–water partition coefficient (Wildman–Crippen LogP) is 0.611. The number of hydrogen-bond donors (Lipinski definition) is 0. The van der Waals surface area contributed by atoms with Gasteiger partial charge in [0.05, 0.1) is 0 Å². The second-order valence-electron chi connectivity index (χ2n) is 5.53. The lowest BCUT2D eigenvalue weighted by molar-refractivity contribution is 0.0856. The van der Waals surface area contributed by atoms with Crippen molar-refractivity contribution in [2.45, 2.75) is 19.9 Å². The summed E-state index contributed by atoms with van der Waals surface area (Å²) in [5.74, 6) is 0.892. The summed E-state index contributed by atoms with van der Waals surface area (Å²) >= 11 is 0. The fraction of sp³-hybridized carbons (Fsp3) is 0.714. The maximum atomic E-state index is 4.49. The van der Waals surface area contributed by atoms with E-state index >= 15 is 0 Å². The van der Waals surface area contributed by atoms with Crippen LogP contribution < -0.4 is 4.90 Å². The Morgan fingerprint density at radius 2 is 1.95 bits per heavy atom. The molecule has 3 rings (SSSR count). The van der Waals surface area contributed by atoms with Crippen LogP contribution in [0.2, 0.25) is 0 Å². The van der Waals surface area contributed by atoms with Gasteiger partial charge in [-0.25, -0.2) is 9.97 Å². The first-order chi connectivity index (χ1) is 9.26. The van der Waals surface area contributed by atoms with Crippen molar-refractivity contribution in [1.29, 1.82) is 0 Å². The van der Waals surface area contributed by atoms with Gasteiger partial charge in [0.1, 0.15) is 0 Å². The molecule has 2 aliphatic heterocycles. The Labute approximate surface area is 115 Å². The molecule has 0 amide bonds. The third-order valence-corrected chi connectivity index (χ3v) is 4.30. The molecule has 104 valence electrons. The zero-order chi connectivity index (χ0) is 13.2. The minimum Gasteiger partial charge on any atom is -0.338 e. The van der Waals surface area contributed by atoms with Crippen molar-refractivity contribution in [1.82, 2.24) is 19.8 Å². The van der Waals surface area contributed by atoms with E-state index in [-0.39, 0.29) is 0 Å². The number of nitrogens with zero attached hydrogens (tertiary/aromatic N) is 5. The van der Waals surface area contributed by atoms with Crippen LogP contribution in [0.4, 0.5) is 5.95 Å². The normalized spacial score (nSPS) is 22.5. The Kier molecular flexibility index (Phi) is 3.66. The Morgan fingerprint density at radius 3 is 2.58 bits per heavy atom. The van der Waals surface area contributed by atoms with E-state index in [9.17, 15) is 0 Å². The molecule has 1 aromatic rings. The van der Waals surface area contributed by atoms with Gasteiger partial charge >= 0.3 is 0 Å². The van der Waals surface area contributed by atoms with Gasteiger partial charge in [0.25, 0.3) is 0 Å². The monoisotopic (exact) mass is 261 g/mol. The molecular weight excluding hydrogens is 238 g/mol. The van der Waals surface area contributed by atoms with Crippen molar-refractivity contribution in [2.24, 2.45) is 0 Å². The molecular formula is C14H23N5. The van der Waals surface area contributed by atoms with Crippen molar-refractivity contribution >= 4 is 5.95 Å². The molecule has 5 heteroatoms. The number of rotatable bonds is 3. The molecule has 0 atom stereocenters. The molecule has 0 N–H and O–H groups in total. The summed E-state index contributed by atoms with van der Waals surface area (Å²) < 4.78 is 0.